The highest BCUT2D eigenvalue weighted by Gasteiger charge is 2.35. The van der Waals surface area contributed by atoms with E-state index in [1.54, 1.807) is 24.3 Å². The normalized spacial score (nSPS) is 15.5. The van der Waals surface area contributed by atoms with E-state index in [0.717, 1.165) is 42.9 Å². The van der Waals surface area contributed by atoms with Crippen molar-refractivity contribution in [1.82, 2.24) is 0 Å². The van der Waals surface area contributed by atoms with E-state index in [2.05, 4.69) is 10.2 Å². The predicted molar refractivity (Wildman–Crippen MR) is 125 cm³/mol. The van der Waals surface area contributed by atoms with Crippen LogP contribution in [0, 0.1) is 6.92 Å². The molecule has 1 aliphatic carbocycles. The Morgan fingerprint density at radius 3 is 2.10 bits per heavy atom. The van der Waals surface area contributed by atoms with Gasteiger partial charge in [-0.1, -0.05) is 42.0 Å². The summed E-state index contributed by atoms with van der Waals surface area (Å²) in [6.45, 7) is 3.82. The van der Waals surface area contributed by atoms with E-state index in [-0.39, 0.29) is 11.6 Å². The molecule has 5 rings (SSSR count). The van der Waals surface area contributed by atoms with E-state index in [1.165, 1.54) is 6.42 Å². The predicted octanol–water partition coefficient (Wildman–Crippen LogP) is 5.09. The van der Waals surface area contributed by atoms with Gasteiger partial charge in [-0.25, -0.2) is 0 Å². The zero-order chi connectivity index (χ0) is 21.5. The number of rotatable bonds is 3. The van der Waals surface area contributed by atoms with E-state index in [4.69, 9.17) is 5.73 Å². The fourth-order valence-corrected chi connectivity index (χ4v) is 4.59. The Kier molecular flexibility index (Phi) is 4.74. The summed E-state index contributed by atoms with van der Waals surface area (Å²) >= 11 is 0. The fourth-order valence-electron chi connectivity index (χ4n) is 4.59. The smallest absolute Gasteiger partial charge is 0.196 e. The van der Waals surface area contributed by atoms with E-state index in [1.807, 2.05) is 37.3 Å². The highest BCUT2D eigenvalue weighted by atomic mass is 16.1. The van der Waals surface area contributed by atoms with Crippen LogP contribution in [-0.4, -0.2) is 24.7 Å². The molecule has 0 radical (unpaired) electrons. The molecule has 0 saturated carbocycles. The quantitative estimate of drug-likeness (QED) is 0.460. The number of carbonyl (C=O) groups excluding carboxylic acids is 2. The lowest BCUT2D eigenvalue weighted by Crippen LogP contribution is -2.32. The fraction of sp³-hybridized carbons (Fsp3) is 0.231. The van der Waals surface area contributed by atoms with Gasteiger partial charge >= 0.3 is 0 Å². The van der Waals surface area contributed by atoms with E-state index >= 15 is 0 Å². The first-order chi connectivity index (χ1) is 15.0. The van der Waals surface area contributed by atoms with Gasteiger partial charge < -0.3 is 16.0 Å². The Morgan fingerprint density at radius 2 is 1.45 bits per heavy atom. The van der Waals surface area contributed by atoms with Crippen molar-refractivity contribution < 1.29 is 9.59 Å². The van der Waals surface area contributed by atoms with Crippen molar-refractivity contribution in [2.24, 2.45) is 0 Å². The number of fused-ring (bicyclic) bond motifs is 2. The third-order valence-corrected chi connectivity index (χ3v) is 6.24. The van der Waals surface area contributed by atoms with Crippen LogP contribution in [-0.2, 0) is 0 Å². The van der Waals surface area contributed by atoms with Gasteiger partial charge in [0.1, 0.15) is 0 Å². The van der Waals surface area contributed by atoms with Gasteiger partial charge in [0.2, 0.25) is 0 Å². The third-order valence-electron chi connectivity index (χ3n) is 6.24. The van der Waals surface area contributed by atoms with Gasteiger partial charge in [-0.3, -0.25) is 9.59 Å². The summed E-state index contributed by atoms with van der Waals surface area (Å²) < 4.78 is 0. The van der Waals surface area contributed by atoms with Crippen molar-refractivity contribution >= 4 is 34.3 Å². The van der Waals surface area contributed by atoms with Crippen LogP contribution < -0.4 is 16.0 Å². The minimum Gasteiger partial charge on any atom is -0.396 e. The van der Waals surface area contributed by atoms with Gasteiger partial charge in [0.15, 0.2) is 11.6 Å². The number of hydrogen-bond acceptors (Lipinski definition) is 5. The Hall–Kier alpha value is -3.60. The lowest BCUT2D eigenvalue weighted by Gasteiger charge is -2.32. The average Bonchev–Trinajstić information content (AvgIpc) is 2.80. The molecule has 156 valence electrons. The van der Waals surface area contributed by atoms with Crippen LogP contribution in [0.5, 0.6) is 0 Å². The molecule has 0 amide bonds. The number of carbonyl (C=O) groups is 2. The first kappa shape index (κ1) is 19.4. The summed E-state index contributed by atoms with van der Waals surface area (Å²) in [4.78, 5) is 29.2. The van der Waals surface area contributed by atoms with Gasteiger partial charge in [0, 0.05) is 29.9 Å². The highest BCUT2D eigenvalue weighted by molar-refractivity contribution is 6.32. The maximum absolute atomic E-state index is 13.5. The zero-order valence-corrected chi connectivity index (χ0v) is 17.6. The van der Waals surface area contributed by atoms with Crippen molar-refractivity contribution in [3.05, 3.63) is 82.4 Å². The average molecular weight is 412 g/mol. The zero-order valence-electron chi connectivity index (χ0n) is 17.6. The molecule has 1 saturated heterocycles. The van der Waals surface area contributed by atoms with E-state index < -0.39 is 0 Å². The molecule has 3 aromatic rings. The van der Waals surface area contributed by atoms with Crippen molar-refractivity contribution in [2.45, 2.75) is 26.2 Å². The van der Waals surface area contributed by atoms with E-state index in [0.29, 0.717) is 33.6 Å². The molecule has 3 aromatic carbocycles. The SMILES string of the molecule is Cc1ccc(Nc2cc(N3CCCCC3)c(N)c3c2C(=O)c2ccccc2C3=O)cc1. The van der Waals surface area contributed by atoms with Crippen molar-refractivity contribution in [3.8, 4) is 0 Å². The molecule has 0 atom stereocenters. The summed E-state index contributed by atoms with van der Waals surface area (Å²) in [5.41, 5.74) is 12.0. The molecule has 31 heavy (non-hydrogen) atoms. The number of anilines is 4. The second kappa shape index (κ2) is 7.58. The molecule has 1 heterocycles. The van der Waals surface area contributed by atoms with Crippen molar-refractivity contribution in [3.63, 3.8) is 0 Å². The summed E-state index contributed by atoms with van der Waals surface area (Å²) in [5, 5.41) is 3.39. The highest BCUT2D eigenvalue weighted by Crippen LogP contribution is 2.42. The molecule has 0 aromatic heterocycles. The lowest BCUT2D eigenvalue weighted by atomic mass is 9.81. The molecule has 0 bridgehead atoms. The van der Waals surface area contributed by atoms with Gasteiger partial charge in [-0.05, 0) is 44.4 Å². The number of nitrogens with two attached hydrogens (primary N) is 1. The first-order valence-electron chi connectivity index (χ1n) is 10.8. The Morgan fingerprint density at radius 1 is 0.839 bits per heavy atom. The topological polar surface area (TPSA) is 75.4 Å². The summed E-state index contributed by atoms with van der Waals surface area (Å²) in [6.07, 6.45) is 3.38. The molecule has 3 N–H and O–H groups in total. The molecule has 1 aliphatic heterocycles. The summed E-state index contributed by atoms with van der Waals surface area (Å²) in [6, 6.07) is 16.9. The Balaban J connectivity index is 1.71. The maximum atomic E-state index is 13.5. The number of nitrogens with one attached hydrogen (secondary N) is 1. The largest absolute Gasteiger partial charge is 0.396 e. The Labute approximate surface area is 181 Å². The number of ketones is 2. The molecule has 5 nitrogen and oxygen atoms in total. The van der Waals surface area contributed by atoms with Gasteiger partial charge in [-0.2, -0.15) is 0 Å². The number of benzene rings is 3. The van der Waals surface area contributed by atoms with Gasteiger partial charge in [-0.15, -0.1) is 0 Å². The molecular weight excluding hydrogens is 386 g/mol. The molecule has 5 heteroatoms. The number of nitrogens with zero attached hydrogens (tertiary/aromatic N) is 1. The minimum absolute atomic E-state index is 0.170. The second-order valence-corrected chi connectivity index (χ2v) is 8.35. The van der Waals surface area contributed by atoms with Gasteiger partial charge in [0.05, 0.1) is 28.2 Å². The number of aryl methyl sites for hydroxylation is 1. The van der Waals surface area contributed by atoms with Crippen molar-refractivity contribution in [2.75, 3.05) is 29.0 Å². The van der Waals surface area contributed by atoms with Crippen LogP contribution >= 0.6 is 0 Å². The molecule has 1 fully saturated rings. The molecular formula is C26H25N3O2. The summed E-state index contributed by atoms with van der Waals surface area (Å²) in [5.74, 6) is -0.356. The minimum atomic E-state index is -0.187. The molecule has 0 spiro atoms. The van der Waals surface area contributed by atoms with E-state index in [9.17, 15) is 9.59 Å². The van der Waals surface area contributed by atoms with Crippen LogP contribution in [0.25, 0.3) is 0 Å². The Bertz CT molecular complexity index is 1190. The standard InChI is InChI=1S/C26H25N3O2/c1-16-9-11-17(12-10-16)28-20-15-21(29-13-5-2-6-14-29)24(27)23-22(20)25(30)18-7-3-4-8-19(18)26(23)31/h3-4,7-12,15,28H,2,5-6,13-14,27H2,1H3. The van der Waals surface area contributed by atoms with Gasteiger partial charge in [0.25, 0.3) is 0 Å². The lowest BCUT2D eigenvalue weighted by molar-refractivity contribution is 0.0980. The number of piperidine rings is 1. The second-order valence-electron chi connectivity index (χ2n) is 8.35. The monoisotopic (exact) mass is 411 g/mol. The summed E-state index contributed by atoms with van der Waals surface area (Å²) in [7, 11) is 0. The number of nitrogen functional groups attached to an aromatic ring is 1. The van der Waals surface area contributed by atoms with Crippen LogP contribution in [0.1, 0.15) is 56.7 Å². The van der Waals surface area contributed by atoms with Crippen LogP contribution in [0.4, 0.5) is 22.7 Å². The first-order valence-corrected chi connectivity index (χ1v) is 10.8. The molecule has 2 aliphatic rings. The third kappa shape index (κ3) is 3.26. The van der Waals surface area contributed by atoms with Crippen molar-refractivity contribution in [1.29, 1.82) is 0 Å². The molecule has 0 unspecified atom stereocenters. The van der Waals surface area contributed by atoms with Crippen LogP contribution in [0.2, 0.25) is 0 Å². The maximum Gasteiger partial charge on any atom is 0.196 e. The van der Waals surface area contributed by atoms with Crippen LogP contribution in [0.3, 0.4) is 0 Å². The number of hydrogen-bond donors (Lipinski definition) is 2. The van der Waals surface area contributed by atoms with Crippen LogP contribution in [0.15, 0.2) is 54.6 Å².